The van der Waals surface area contributed by atoms with E-state index in [0.29, 0.717) is 18.4 Å². The van der Waals surface area contributed by atoms with Crippen LogP contribution in [0.25, 0.3) is 0 Å². The number of hydrogen-bond acceptors (Lipinski definition) is 5. The smallest absolute Gasteiger partial charge is 0.308 e. The molecule has 0 saturated carbocycles. The molecule has 0 N–H and O–H groups in total. The molecule has 0 radical (unpaired) electrons. The lowest BCUT2D eigenvalue weighted by atomic mass is 9.92. The fourth-order valence-corrected chi connectivity index (χ4v) is 5.49. The van der Waals surface area contributed by atoms with E-state index < -0.39 is 0 Å². The fraction of sp³-hybridized carbons (Fsp3) is 0.417. The lowest BCUT2D eigenvalue weighted by Gasteiger charge is -2.34. The van der Waals surface area contributed by atoms with Crippen molar-refractivity contribution in [3.63, 3.8) is 0 Å². The minimum Gasteiger partial charge on any atom is -0.456 e. The van der Waals surface area contributed by atoms with Crippen molar-refractivity contribution in [1.82, 2.24) is 4.90 Å². The predicted octanol–water partition coefficient (Wildman–Crippen LogP) is 4.73. The molecular formula is C24H28N2O3S. The number of benzene rings is 2. The first-order chi connectivity index (χ1) is 14.5. The monoisotopic (exact) mass is 424 g/mol. The first-order valence-electron chi connectivity index (χ1n) is 10.6. The third-order valence-electron chi connectivity index (χ3n) is 5.65. The quantitative estimate of drug-likeness (QED) is 0.650. The van der Waals surface area contributed by atoms with Gasteiger partial charge in [-0.2, -0.15) is 0 Å². The van der Waals surface area contributed by atoms with Crippen LogP contribution in [0.3, 0.4) is 0 Å². The number of piperidine rings is 1. The summed E-state index contributed by atoms with van der Waals surface area (Å²) >= 11 is 1.74. The SMILES string of the molecule is CC1CC(C)CN(C(=O)COC(=O)CCN2c3ccccc3Sc3ccccc32)C1. The Morgan fingerprint density at radius 1 is 0.967 bits per heavy atom. The van der Waals surface area contributed by atoms with Crippen LogP contribution in [-0.2, 0) is 14.3 Å². The average Bonchev–Trinajstić information content (AvgIpc) is 2.74. The zero-order chi connectivity index (χ0) is 21.1. The zero-order valence-electron chi connectivity index (χ0n) is 17.5. The number of ether oxygens (including phenoxy) is 1. The van der Waals surface area contributed by atoms with Gasteiger partial charge in [-0.25, -0.2) is 0 Å². The lowest BCUT2D eigenvalue weighted by Crippen LogP contribution is -2.44. The number of fused-ring (bicyclic) bond motifs is 2. The maximum Gasteiger partial charge on any atom is 0.308 e. The van der Waals surface area contributed by atoms with E-state index in [9.17, 15) is 9.59 Å². The number of esters is 1. The molecule has 1 amide bonds. The number of nitrogens with zero attached hydrogens (tertiary/aromatic N) is 2. The lowest BCUT2D eigenvalue weighted by molar-refractivity contribution is -0.153. The highest BCUT2D eigenvalue weighted by molar-refractivity contribution is 7.99. The van der Waals surface area contributed by atoms with Crippen molar-refractivity contribution in [2.24, 2.45) is 11.8 Å². The van der Waals surface area contributed by atoms with Gasteiger partial charge in [-0.05, 0) is 42.5 Å². The van der Waals surface area contributed by atoms with E-state index in [-0.39, 0.29) is 24.9 Å². The molecule has 5 nitrogen and oxygen atoms in total. The molecule has 4 rings (SSSR count). The van der Waals surface area contributed by atoms with Crippen molar-refractivity contribution < 1.29 is 14.3 Å². The van der Waals surface area contributed by atoms with Gasteiger partial charge < -0.3 is 14.5 Å². The van der Waals surface area contributed by atoms with Crippen LogP contribution < -0.4 is 4.90 Å². The van der Waals surface area contributed by atoms with Gasteiger partial charge in [-0.1, -0.05) is 49.9 Å². The van der Waals surface area contributed by atoms with Crippen molar-refractivity contribution in [3.8, 4) is 0 Å². The molecule has 0 spiro atoms. The molecular weight excluding hydrogens is 396 g/mol. The predicted molar refractivity (Wildman–Crippen MR) is 119 cm³/mol. The van der Waals surface area contributed by atoms with Crippen LogP contribution in [-0.4, -0.2) is 43.0 Å². The Labute approximate surface area is 182 Å². The first-order valence-corrected chi connectivity index (χ1v) is 11.4. The summed E-state index contributed by atoms with van der Waals surface area (Å²) in [5.74, 6) is 0.553. The summed E-state index contributed by atoms with van der Waals surface area (Å²) in [6.45, 7) is 6.17. The Morgan fingerprint density at radius 3 is 2.13 bits per heavy atom. The van der Waals surface area contributed by atoms with Gasteiger partial charge in [0.1, 0.15) is 0 Å². The van der Waals surface area contributed by atoms with Crippen LogP contribution in [0.1, 0.15) is 26.7 Å². The second-order valence-corrected chi connectivity index (χ2v) is 9.43. The van der Waals surface area contributed by atoms with Crippen LogP contribution in [0.4, 0.5) is 11.4 Å². The topological polar surface area (TPSA) is 49.9 Å². The van der Waals surface area contributed by atoms with Crippen molar-refractivity contribution in [1.29, 1.82) is 0 Å². The molecule has 2 aromatic carbocycles. The van der Waals surface area contributed by atoms with Crippen LogP contribution >= 0.6 is 11.8 Å². The van der Waals surface area contributed by atoms with E-state index in [0.717, 1.165) is 30.9 Å². The maximum atomic E-state index is 12.5. The molecule has 158 valence electrons. The van der Waals surface area contributed by atoms with Crippen molar-refractivity contribution in [2.75, 3.05) is 31.1 Å². The molecule has 1 saturated heterocycles. The highest BCUT2D eigenvalue weighted by Crippen LogP contribution is 2.47. The van der Waals surface area contributed by atoms with Gasteiger partial charge in [0.05, 0.1) is 17.8 Å². The molecule has 2 aromatic rings. The molecule has 1 fully saturated rings. The third-order valence-corrected chi connectivity index (χ3v) is 6.78. The molecule has 30 heavy (non-hydrogen) atoms. The van der Waals surface area contributed by atoms with E-state index in [1.165, 1.54) is 9.79 Å². The first kappa shape index (κ1) is 20.8. The highest BCUT2D eigenvalue weighted by atomic mass is 32.2. The van der Waals surface area contributed by atoms with Crippen LogP contribution in [0.5, 0.6) is 0 Å². The summed E-state index contributed by atoms with van der Waals surface area (Å²) in [6.07, 6.45) is 1.37. The summed E-state index contributed by atoms with van der Waals surface area (Å²) in [5.41, 5.74) is 2.20. The molecule has 2 aliphatic rings. The minimum atomic E-state index is -0.338. The number of anilines is 2. The Balaban J connectivity index is 1.35. The Kier molecular flexibility index (Phi) is 6.32. The molecule has 2 heterocycles. The second-order valence-electron chi connectivity index (χ2n) is 8.34. The van der Waals surface area contributed by atoms with Gasteiger partial charge in [0.2, 0.25) is 0 Å². The Bertz CT molecular complexity index is 877. The van der Waals surface area contributed by atoms with Crippen LogP contribution in [0.15, 0.2) is 58.3 Å². The van der Waals surface area contributed by atoms with E-state index in [1.807, 2.05) is 29.2 Å². The third kappa shape index (κ3) is 4.64. The summed E-state index contributed by atoms with van der Waals surface area (Å²) in [6, 6.07) is 16.4. The molecule has 2 unspecified atom stereocenters. The van der Waals surface area contributed by atoms with Crippen LogP contribution in [0, 0.1) is 11.8 Å². The van der Waals surface area contributed by atoms with Gasteiger partial charge in [0, 0.05) is 29.4 Å². The number of carbonyl (C=O) groups excluding carboxylic acids is 2. The minimum absolute atomic E-state index is 0.0909. The van der Waals surface area contributed by atoms with E-state index in [4.69, 9.17) is 4.74 Å². The molecule has 6 heteroatoms. The number of para-hydroxylation sites is 2. The number of likely N-dealkylation sites (tertiary alicyclic amines) is 1. The molecule has 0 aromatic heterocycles. The van der Waals surface area contributed by atoms with Crippen molar-refractivity contribution in [3.05, 3.63) is 48.5 Å². The normalized spacial score (nSPS) is 20.3. The number of hydrogen-bond donors (Lipinski definition) is 0. The maximum absolute atomic E-state index is 12.5. The number of carbonyl (C=O) groups is 2. The standard InChI is InChI=1S/C24H28N2O3S/c1-17-13-18(2)15-25(14-17)23(27)16-29-24(28)11-12-26-19-7-3-5-9-21(19)30-22-10-6-4-8-20(22)26/h3-10,17-18H,11-16H2,1-2H3. The van der Waals surface area contributed by atoms with Crippen molar-refractivity contribution >= 4 is 35.0 Å². The molecule has 2 atom stereocenters. The van der Waals surface area contributed by atoms with Gasteiger partial charge >= 0.3 is 5.97 Å². The fourth-order valence-electron chi connectivity index (χ4n) is 4.40. The van der Waals surface area contributed by atoms with Gasteiger partial charge in [-0.15, -0.1) is 0 Å². The number of amides is 1. The second kappa shape index (κ2) is 9.13. The highest BCUT2D eigenvalue weighted by Gasteiger charge is 2.27. The zero-order valence-corrected chi connectivity index (χ0v) is 18.4. The van der Waals surface area contributed by atoms with Crippen LogP contribution in [0.2, 0.25) is 0 Å². The summed E-state index contributed by atoms with van der Waals surface area (Å²) in [4.78, 5) is 31.2. The van der Waals surface area contributed by atoms with Gasteiger partial charge in [-0.3, -0.25) is 9.59 Å². The largest absolute Gasteiger partial charge is 0.456 e. The van der Waals surface area contributed by atoms with E-state index >= 15 is 0 Å². The number of rotatable bonds is 5. The average molecular weight is 425 g/mol. The molecule has 2 aliphatic heterocycles. The van der Waals surface area contributed by atoms with Gasteiger partial charge in [0.15, 0.2) is 6.61 Å². The Hall–Kier alpha value is -2.47. The van der Waals surface area contributed by atoms with E-state index in [2.05, 4.69) is 43.0 Å². The Morgan fingerprint density at radius 2 is 1.53 bits per heavy atom. The summed E-state index contributed by atoms with van der Waals surface area (Å²) in [7, 11) is 0. The summed E-state index contributed by atoms with van der Waals surface area (Å²) < 4.78 is 5.33. The molecule has 0 bridgehead atoms. The van der Waals surface area contributed by atoms with Crippen molar-refractivity contribution in [2.45, 2.75) is 36.5 Å². The summed E-state index contributed by atoms with van der Waals surface area (Å²) in [5, 5.41) is 0. The molecule has 0 aliphatic carbocycles. The van der Waals surface area contributed by atoms with Gasteiger partial charge in [0.25, 0.3) is 5.91 Å². The van der Waals surface area contributed by atoms with E-state index in [1.54, 1.807) is 11.8 Å².